The van der Waals surface area contributed by atoms with E-state index in [0.29, 0.717) is 24.2 Å². The highest BCUT2D eigenvalue weighted by Crippen LogP contribution is 2.23. The molecule has 1 unspecified atom stereocenters. The zero-order valence-corrected chi connectivity index (χ0v) is 14.7. The summed E-state index contributed by atoms with van der Waals surface area (Å²) < 4.78 is 26.7. The Labute approximate surface area is 142 Å². The van der Waals surface area contributed by atoms with Gasteiger partial charge in [0.2, 0.25) is 15.9 Å². The van der Waals surface area contributed by atoms with Gasteiger partial charge in [-0.2, -0.15) is 0 Å². The quantitative estimate of drug-likeness (QED) is 0.781. The molecule has 1 fully saturated rings. The third-order valence-corrected chi connectivity index (χ3v) is 5.69. The average molecular weight is 353 g/mol. The predicted octanol–water partition coefficient (Wildman–Crippen LogP) is 0.631. The molecule has 2 rings (SSSR count). The standard InChI is InChI=1S/C16H23N3O4S/c1-3-18-24(22,23)13-5-4-11(2)14(9-13)16(21)19-7-6-12(10-19)8-15(17)20/h4-5,9,12,18H,3,6-8,10H2,1-2H3,(H2,17,20). The Balaban J connectivity index is 2.22. The molecule has 1 aliphatic heterocycles. The summed E-state index contributed by atoms with van der Waals surface area (Å²) in [5.74, 6) is -0.516. The Morgan fingerprint density at radius 2 is 2.08 bits per heavy atom. The molecule has 24 heavy (non-hydrogen) atoms. The number of likely N-dealkylation sites (tertiary alicyclic amines) is 1. The molecule has 0 aromatic heterocycles. The van der Waals surface area contributed by atoms with Gasteiger partial charge in [0.15, 0.2) is 0 Å². The Hall–Kier alpha value is -1.93. The molecule has 1 atom stereocenters. The second kappa shape index (κ2) is 7.31. The van der Waals surface area contributed by atoms with Crippen molar-refractivity contribution in [3.8, 4) is 0 Å². The molecule has 0 aliphatic carbocycles. The minimum absolute atomic E-state index is 0.0698. The molecular weight excluding hydrogens is 330 g/mol. The third kappa shape index (κ3) is 4.12. The van der Waals surface area contributed by atoms with Gasteiger partial charge in [0.1, 0.15) is 0 Å². The molecule has 132 valence electrons. The molecule has 3 N–H and O–H groups in total. The van der Waals surface area contributed by atoms with Crippen LogP contribution in [-0.2, 0) is 14.8 Å². The first-order valence-electron chi connectivity index (χ1n) is 7.92. The van der Waals surface area contributed by atoms with Gasteiger partial charge >= 0.3 is 0 Å². The van der Waals surface area contributed by atoms with Crippen molar-refractivity contribution in [1.29, 1.82) is 0 Å². The zero-order valence-electron chi connectivity index (χ0n) is 13.9. The lowest BCUT2D eigenvalue weighted by molar-refractivity contribution is -0.118. The molecule has 0 bridgehead atoms. The summed E-state index contributed by atoms with van der Waals surface area (Å²) in [5.41, 5.74) is 6.29. The van der Waals surface area contributed by atoms with E-state index in [-0.39, 0.29) is 35.6 Å². The van der Waals surface area contributed by atoms with Gasteiger partial charge in [-0.1, -0.05) is 13.0 Å². The number of amides is 2. The number of hydrogen-bond acceptors (Lipinski definition) is 4. The fraction of sp³-hybridized carbons (Fsp3) is 0.500. The summed E-state index contributed by atoms with van der Waals surface area (Å²) >= 11 is 0. The molecule has 0 spiro atoms. The summed E-state index contributed by atoms with van der Waals surface area (Å²) in [6.45, 7) is 4.75. The predicted molar refractivity (Wildman–Crippen MR) is 89.9 cm³/mol. The van der Waals surface area contributed by atoms with Gasteiger partial charge in [-0.15, -0.1) is 0 Å². The molecule has 1 aromatic carbocycles. The number of nitrogens with two attached hydrogens (primary N) is 1. The topological polar surface area (TPSA) is 110 Å². The van der Waals surface area contributed by atoms with Crippen molar-refractivity contribution in [3.05, 3.63) is 29.3 Å². The lowest BCUT2D eigenvalue weighted by Gasteiger charge is -2.18. The van der Waals surface area contributed by atoms with Gasteiger partial charge in [-0.3, -0.25) is 9.59 Å². The van der Waals surface area contributed by atoms with E-state index in [0.717, 1.165) is 6.42 Å². The first-order valence-corrected chi connectivity index (χ1v) is 9.40. The minimum atomic E-state index is -3.62. The van der Waals surface area contributed by atoms with Crippen molar-refractivity contribution >= 4 is 21.8 Å². The fourth-order valence-corrected chi connectivity index (χ4v) is 3.98. The van der Waals surface area contributed by atoms with Crippen molar-refractivity contribution < 1.29 is 18.0 Å². The summed E-state index contributed by atoms with van der Waals surface area (Å²) in [6.07, 6.45) is 0.987. The first kappa shape index (κ1) is 18.4. The van der Waals surface area contributed by atoms with Gasteiger partial charge in [0.25, 0.3) is 5.91 Å². The van der Waals surface area contributed by atoms with Crippen molar-refractivity contribution in [2.75, 3.05) is 19.6 Å². The number of carbonyl (C=O) groups excluding carboxylic acids is 2. The molecule has 0 saturated carbocycles. The van der Waals surface area contributed by atoms with E-state index < -0.39 is 10.0 Å². The van der Waals surface area contributed by atoms with Crippen LogP contribution in [0.4, 0.5) is 0 Å². The number of primary amides is 1. The summed E-state index contributed by atoms with van der Waals surface area (Å²) in [4.78, 5) is 25.5. The van der Waals surface area contributed by atoms with Crippen LogP contribution in [0.15, 0.2) is 23.1 Å². The van der Waals surface area contributed by atoms with Crippen LogP contribution in [0, 0.1) is 12.8 Å². The third-order valence-electron chi connectivity index (χ3n) is 4.15. The van der Waals surface area contributed by atoms with Crippen LogP contribution < -0.4 is 10.5 Å². The van der Waals surface area contributed by atoms with Gasteiger partial charge in [-0.25, -0.2) is 13.1 Å². The van der Waals surface area contributed by atoms with E-state index in [4.69, 9.17) is 5.73 Å². The van der Waals surface area contributed by atoms with Crippen molar-refractivity contribution in [1.82, 2.24) is 9.62 Å². The monoisotopic (exact) mass is 353 g/mol. The van der Waals surface area contributed by atoms with E-state index in [1.54, 1.807) is 24.8 Å². The Bertz CT molecular complexity index is 746. The Morgan fingerprint density at radius 1 is 1.38 bits per heavy atom. The molecule has 7 nitrogen and oxygen atoms in total. The summed E-state index contributed by atoms with van der Waals surface area (Å²) in [5, 5.41) is 0. The maximum absolute atomic E-state index is 12.7. The fourth-order valence-electron chi connectivity index (χ4n) is 2.91. The highest BCUT2D eigenvalue weighted by molar-refractivity contribution is 7.89. The highest BCUT2D eigenvalue weighted by atomic mass is 32.2. The Kier molecular flexibility index (Phi) is 5.61. The largest absolute Gasteiger partial charge is 0.370 e. The summed E-state index contributed by atoms with van der Waals surface area (Å²) in [6, 6.07) is 4.54. The van der Waals surface area contributed by atoms with Crippen LogP contribution >= 0.6 is 0 Å². The van der Waals surface area contributed by atoms with Crippen molar-refractivity contribution in [2.45, 2.75) is 31.6 Å². The first-order chi connectivity index (χ1) is 11.2. The van der Waals surface area contributed by atoms with Gasteiger partial charge in [-0.05, 0) is 37.0 Å². The number of sulfonamides is 1. The van der Waals surface area contributed by atoms with E-state index in [2.05, 4.69) is 4.72 Å². The molecule has 1 saturated heterocycles. The lowest BCUT2D eigenvalue weighted by Crippen LogP contribution is -2.30. The van der Waals surface area contributed by atoms with E-state index in [9.17, 15) is 18.0 Å². The second-order valence-corrected chi connectivity index (χ2v) is 7.82. The van der Waals surface area contributed by atoms with Gasteiger partial charge in [0.05, 0.1) is 4.90 Å². The molecule has 2 amide bonds. The SMILES string of the molecule is CCNS(=O)(=O)c1ccc(C)c(C(=O)N2CCC(CC(N)=O)C2)c1. The van der Waals surface area contributed by atoms with E-state index >= 15 is 0 Å². The van der Waals surface area contributed by atoms with Crippen LogP contribution in [0.25, 0.3) is 0 Å². The normalized spacial score (nSPS) is 17.9. The number of benzene rings is 1. The highest BCUT2D eigenvalue weighted by Gasteiger charge is 2.29. The van der Waals surface area contributed by atoms with Crippen LogP contribution in [-0.4, -0.2) is 44.8 Å². The van der Waals surface area contributed by atoms with Crippen LogP contribution in [0.3, 0.4) is 0 Å². The molecule has 1 heterocycles. The smallest absolute Gasteiger partial charge is 0.254 e. The molecular formula is C16H23N3O4S. The number of carbonyl (C=O) groups is 2. The van der Waals surface area contributed by atoms with E-state index in [1.807, 2.05) is 0 Å². The molecule has 1 aliphatic rings. The van der Waals surface area contributed by atoms with Crippen LogP contribution in [0.5, 0.6) is 0 Å². The molecule has 8 heteroatoms. The minimum Gasteiger partial charge on any atom is -0.370 e. The number of aryl methyl sites for hydroxylation is 1. The number of rotatable bonds is 6. The molecule has 1 aromatic rings. The average Bonchev–Trinajstić information content (AvgIpc) is 2.94. The summed E-state index contributed by atoms with van der Waals surface area (Å²) in [7, 11) is -3.62. The van der Waals surface area contributed by atoms with Gasteiger partial charge in [0, 0.05) is 31.6 Å². The van der Waals surface area contributed by atoms with Crippen LogP contribution in [0.1, 0.15) is 35.7 Å². The zero-order chi connectivity index (χ0) is 17.9. The van der Waals surface area contributed by atoms with Crippen molar-refractivity contribution in [2.24, 2.45) is 11.7 Å². The van der Waals surface area contributed by atoms with E-state index in [1.165, 1.54) is 12.1 Å². The molecule has 0 radical (unpaired) electrons. The number of nitrogens with zero attached hydrogens (tertiary/aromatic N) is 1. The van der Waals surface area contributed by atoms with Gasteiger partial charge < -0.3 is 10.6 Å². The number of nitrogens with one attached hydrogen (secondary N) is 1. The van der Waals surface area contributed by atoms with Crippen molar-refractivity contribution in [3.63, 3.8) is 0 Å². The second-order valence-electron chi connectivity index (χ2n) is 6.05. The maximum Gasteiger partial charge on any atom is 0.254 e. The number of hydrogen-bond donors (Lipinski definition) is 2. The van der Waals surface area contributed by atoms with Crippen LogP contribution in [0.2, 0.25) is 0 Å². The lowest BCUT2D eigenvalue weighted by atomic mass is 10.0. The Morgan fingerprint density at radius 3 is 2.71 bits per heavy atom. The maximum atomic E-state index is 12.7.